The van der Waals surface area contributed by atoms with Crippen LogP contribution in [-0.4, -0.2) is 20.9 Å². The standard InChI is InChI=1S/C12H10N4O3S/c13-6-1-2-7-20-12-15-14-11(19-12)9-4-3-5-10(8-9)16(17)18/h3-5,8H,1-2,7H2. The van der Waals surface area contributed by atoms with Crippen molar-refractivity contribution < 1.29 is 9.34 Å². The van der Waals surface area contributed by atoms with Gasteiger partial charge in [-0.3, -0.25) is 10.1 Å². The van der Waals surface area contributed by atoms with Crippen molar-refractivity contribution in [3.63, 3.8) is 0 Å². The number of benzene rings is 1. The third-order valence-electron chi connectivity index (χ3n) is 2.37. The summed E-state index contributed by atoms with van der Waals surface area (Å²) >= 11 is 1.36. The smallest absolute Gasteiger partial charge is 0.276 e. The summed E-state index contributed by atoms with van der Waals surface area (Å²) in [5, 5.41) is 27.2. The lowest BCUT2D eigenvalue weighted by Crippen LogP contribution is -1.88. The van der Waals surface area contributed by atoms with E-state index in [1.165, 1.54) is 23.9 Å². The topological polar surface area (TPSA) is 106 Å². The van der Waals surface area contributed by atoms with Gasteiger partial charge >= 0.3 is 0 Å². The third-order valence-corrected chi connectivity index (χ3v) is 3.27. The Kier molecular flexibility index (Phi) is 4.68. The zero-order valence-corrected chi connectivity index (χ0v) is 11.2. The van der Waals surface area contributed by atoms with Gasteiger partial charge in [0.05, 0.1) is 11.0 Å². The minimum absolute atomic E-state index is 0.0241. The first-order valence-corrected chi connectivity index (χ1v) is 6.77. The Balaban J connectivity index is 2.07. The number of aromatic nitrogens is 2. The highest BCUT2D eigenvalue weighted by Crippen LogP contribution is 2.26. The summed E-state index contributed by atoms with van der Waals surface area (Å²) in [6.45, 7) is 0. The van der Waals surface area contributed by atoms with Gasteiger partial charge in [-0.05, 0) is 12.5 Å². The lowest BCUT2D eigenvalue weighted by Gasteiger charge is -1.95. The van der Waals surface area contributed by atoms with Crippen LogP contribution in [0.25, 0.3) is 11.5 Å². The molecule has 0 aliphatic heterocycles. The zero-order chi connectivity index (χ0) is 14.4. The predicted molar refractivity (Wildman–Crippen MR) is 72.0 cm³/mol. The Morgan fingerprint density at radius 3 is 3.05 bits per heavy atom. The first-order valence-electron chi connectivity index (χ1n) is 5.79. The average Bonchev–Trinajstić information content (AvgIpc) is 2.92. The highest BCUT2D eigenvalue weighted by atomic mass is 32.2. The average molecular weight is 290 g/mol. The molecule has 0 amide bonds. The van der Waals surface area contributed by atoms with Crippen LogP contribution < -0.4 is 0 Å². The van der Waals surface area contributed by atoms with E-state index in [9.17, 15) is 10.1 Å². The van der Waals surface area contributed by atoms with Crippen molar-refractivity contribution in [3.8, 4) is 17.5 Å². The number of nitro groups is 1. The summed E-state index contributed by atoms with van der Waals surface area (Å²) < 4.78 is 5.42. The van der Waals surface area contributed by atoms with Crippen molar-refractivity contribution in [1.29, 1.82) is 5.26 Å². The van der Waals surface area contributed by atoms with Gasteiger partial charge in [-0.15, -0.1) is 10.2 Å². The van der Waals surface area contributed by atoms with Crippen LogP contribution in [0.5, 0.6) is 0 Å². The maximum Gasteiger partial charge on any atom is 0.276 e. The van der Waals surface area contributed by atoms with Gasteiger partial charge in [0.15, 0.2) is 0 Å². The van der Waals surface area contributed by atoms with Gasteiger partial charge in [0.25, 0.3) is 10.9 Å². The molecule has 0 fully saturated rings. The Morgan fingerprint density at radius 2 is 2.30 bits per heavy atom. The molecule has 8 heteroatoms. The molecule has 102 valence electrons. The number of nitriles is 1. The van der Waals surface area contributed by atoms with Crippen LogP contribution in [0, 0.1) is 21.4 Å². The number of non-ortho nitro benzene ring substituents is 1. The quantitative estimate of drug-likeness (QED) is 0.348. The number of thioether (sulfide) groups is 1. The monoisotopic (exact) mass is 290 g/mol. The molecule has 0 aliphatic carbocycles. The van der Waals surface area contributed by atoms with Crippen LogP contribution >= 0.6 is 11.8 Å². The van der Waals surface area contributed by atoms with Crippen molar-refractivity contribution in [1.82, 2.24) is 10.2 Å². The van der Waals surface area contributed by atoms with E-state index in [2.05, 4.69) is 16.3 Å². The molecule has 0 aliphatic rings. The van der Waals surface area contributed by atoms with Gasteiger partial charge in [-0.1, -0.05) is 17.8 Å². The molecule has 0 saturated heterocycles. The molecule has 2 aromatic rings. The van der Waals surface area contributed by atoms with Gasteiger partial charge in [0.2, 0.25) is 5.89 Å². The molecule has 0 N–H and O–H groups in total. The van der Waals surface area contributed by atoms with E-state index in [1.807, 2.05) is 0 Å². The van der Waals surface area contributed by atoms with Crippen LogP contribution in [-0.2, 0) is 0 Å². The summed E-state index contributed by atoms with van der Waals surface area (Å²) in [5.41, 5.74) is 0.486. The molecule has 1 aromatic heterocycles. The lowest BCUT2D eigenvalue weighted by atomic mass is 10.2. The van der Waals surface area contributed by atoms with Crippen LogP contribution in [0.15, 0.2) is 33.9 Å². The van der Waals surface area contributed by atoms with Gasteiger partial charge in [-0.2, -0.15) is 5.26 Å². The summed E-state index contributed by atoms with van der Waals surface area (Å²) in [6.07, 6.45) is 1.23. The highest BCUT2D eigenvalue weighted by Gasteiger charge is 2.12. The second-order valence-electron chi connectivity index (χ2n) is 3.79. The summed E-state index contributed by atoms with van der Waals surface area (Å²) in [5.74, 6) is 0.959. The summed E-state index contributed by atoms with van der Waals surface area (Å²) in [7, 11) is 0. The van der Waals surface area contributed by atoms with Crippen molar-refractivity contribution in [2.45, 2.75) is 18.1 Å². The second-order valence-corrected chi connectivity index (χ2v) is 4.84. The molecule has 0 bridgehead atoms. The zero-order valence-electron chi connectivity index (χ0n) is 10.4. The lowest BCUT2D eigenvalue weighted by molar-refractivity contribution is -0.384. The summed E-state index contributed by atoms with van der Waals surface area (Å²) in [4.78, 5) is 10.2. The number of unbranched alkanes of at least 4 members (excludes halogenated alkanes) is 1. The van der Waals surface area contributed by atoms with Crippen molar-refractivity contribution in [2.24, 2.45) is 0 Å². The normalized spacial score (nSPS) is 10.2. The Hall–Kier alpha value is -2.40. The number of rotatable bonds is 6. The van der Waals surface area contributed by atoms with Crippen LogP contribution in [0.1, 0.15) is 12.8 Å². The van der Waals surface area contributed by atoms with Gasteiger partial charge < -0.3 is 4.42 Å². The second kappa shape index (κ2) is 6.68. The molecule has 0 unspecified atom stereocenters. The number of hydrogen-bond donors (Lipinski definition) is 0. The largest absolute Gasteiger partial charge is 0.411 e. The molecule has 0 spiro atoms. The fourth-order valence-electron chi connectivity index (χ4n) is 1.45. The fourth-order valence-corrected chi connectivity index (χ4v) is 2.15. The molecule has 0 saturated carbocycles. The Bertz CT molecular complexity index is 650. The third kappa shape index (κ3) is 3.55. The van der Waals surface area contributed by atoms with E-state index in [1.54, 1.807) is 12.1 Å². The predicted octanol–water partition coefficient (Wildman–Crippen LogP) is 3.04. The molecule has 1 heterocycles. The van der Waals surface area contributed by atoms with E-state index in [4.69, 9.17) is 9.68 Å². The molecular formula is C12H10N4O3S. The minimum Gasteiger partial charge on any atom is -0.411 e. The molecule has 1 aromatic carbocycles. The maximum atomic E-state index is 10.7. The van der Waals surface area contributed by atoms with Crippen LogP contribution in [0.3, 0.4) is 0 Å². The van der Waals surface area contributed by atoms with E-state index in [0.717, 1.165) is 6.42 Å². The molecule has 7 nitrogen and oxygen atoms in total. The maximum absolute atomic E-state index is 10.7. The summed E-state index contributed by atoms with van der Waals surface area (Å²) in [6, 6.07) is 8.08. The first kappa shape index (κ1) is 14.0. The van der Waals surface area contributed by atoms with Gasteiger partial charge in [0.1, 0.15) is 0 Å². The van der Waals surface area contributed by atoms with Gasteiger partial charge in [0, 0.05) is 29.9 Å². The molecule has 2 rings (SSSR count). The SMILES string of the molecule is N#CCCCSc1nnc(-c2cccc([N+](=O)[O-])c2)o1. The van der Waals surface area contributed by atoms with Gasteiger partial charge in [-0.25, -0.2) is 0 Å². The number of nitro benzene ring substituents is 1. The van der Waals surface area contributed by atoms with Crippen LogP contribution in [0.4, 0.5) is 5.69 Å². The highest BCUT2D eigenvalue weighted by molar-refractivity contribution is 7.99. The Labute approximate surface area is 118 Å². The van der Waals surface area contributed by atoms with E-state index < -0.39 is 4.92 Å². The van der Waals surface area contributed by atoms with Crippen molar-refractivity contribution in [2.75, 3.05) is 5.75 Å². The number of nitrogens with zero attached hydrogens (tertiary/aromatic N) is 4. The van der Waals surface area contributed by atoms with Crippen molar-refractivity contribution >= 4 is 17.4 Å². The van der Waals surface area contributed by atoms with Crippen molar-refractivity contribution in [3.05, 3.63) is 34.4 Å². The first-order chi connectivity index (χ1) is 9.70. The molecule has 0 radical (unpaired) electrons. The number of hydrogen-bond acceptors (Lipinski definition) is 7. The van der Waals surface area contributed by atoms with E-state index in [0.29, 0.717) is 23.0 Å². The molecular weight excluding hydrogens is 280 g/mol. The molecule has 20 heavy (non-hydrogen) atoms. The van der Waals surface area contributed by atoms with E-state index in [-0.39, 0.29) is 11.6 Å². The minimum atomic E-state index is -0.475. The van der Waals surface area contributed by atoms with Crippen LogP contribution in [0.2, 0.25) is 0 Å². The van der Waals surface area contributed by atoms with E-state index >= 15 is 0 Å². The Morgan fingerprint density at radius 1 is 1.45 bits per heavy atom. The fraction of sp³-hybridized carbons (Fsp3) is 0.250. The molecule has 0 atom stereocenters.